The second kappa shape index (κ2) is 3.74. The lowest BCUT2D eigenvalue weighted by Gasteiger charge is -2.01. The fraction of sp³-hybridized carbons (Fsp3) is 0.800. The van der Waals surface area contributed by atoms with Crippen molar-refractivity contribution < 1.29 is 9.90 Å². The lowest BCUT2D eigenvalue weighted by atomic mass is 10.4. The summed E-state index contributed by atoms with van der Waals surface area (Å²) in [5, 5.41) is 8.31. The Labute approximate surface area is 57.6 Å². The highest BCUT2D eigenvalue weighted by molar-refractivity contribution is 7.95. The van der Waals surface area contributed by atoms with E-state index >= 15 is 0 Å². The summed E-state index contributed by atoms with van der Waals surface area (Å²) in [4.78, 5) is 10.1. The highest BCUT2D eigenvalue weighted by atomic mass is 32.2. The maximum atomic E-state index is 10.1. The van der Waals surface area contributed by atoms with Crippen molar-refractivity contribution in [3.63, 3.8) is 0 Å². The zero-order valence-electron chi connectivity index (χ0n) is 5.63. The summed E-state index contributed by atoms with van der Waals surface area (Å²) in [6.07, 6.45) is 3.95. The molecule has 0 radical (unpaired) electrons. The van der Waals surface area contributed by atoms with Crippen molar-refractivity contribution in [2.45, 2.75) is 6.04 Å². The molecule has 0 aliphatic rings. The van der Waals surface area contributed by atoms with Crippen LogP contribution in [-0.4, -0.2) is 35.4 Å². The van der Waals surface area contributed by atoms with Crippen molar-refractivity contribution in [2.75, 3.05) is 18.3 Å². The van der Waals surface area contributed by atoms with E-state index in [0.29, 0.717) is 5.75 Å². The van der Waals surface area contributed by atoms with Gasteiger partial charge in [0.1, 0.15) is 11.8 Å². The first kappa shape index (κ1) is 8.78. The standard InChI is InChI=1S/C5H11NO2S/c1-9(2)3-4(6)5(7)8/h4H,3,6H2,1-2H3/p+1/t4-/m0/s1. The molecule has 0 bridgehead atoms. The Morgan fingerprint density at radius 2 is 2.22 bits per heavy atom. The van der Waals surface area contributed by atoms with Gasteiger partial charge in [-0.25, -0.2) is 0 Å². The van der Waals surface area contributed by atoms with Gasteiger partial charge in [0.25, 0.3) is 0 Å². The van der Waals surface area contributed by atoms with Gasteiger partial charge in [-0.2, -0.15) is 0 Å². The van der Waals surface area contributed by atoms with E-state index in [4.69, 9.17) is 10.8 Å². The Bertz CT molecular complexity index is 105. The summed E-state index contributed by atoms with van der Waals surface area (Å²) in [6, 6.07) is -0.677. The van der Waals surface area contributed by atoms with Crippen LogP contribution in [0.4, 0.5) is 0 Å². The van der Waals surface area contributed by atoms with E-state index in [0.717, 1.165) is 0 Å². The summed E-state index contributed by atoms with van der Waals surface area (Å²) in [5.74, 6) is -0.328. The fourth-order valence-corrected chi connectivity index (χ4v) is 1.29. The van der Waals surface area contributed by atoms with Crippen molar-refractivity contribution >= 4 is 16.9 Å². The molecule has 0 spiro atoms. The molecular weight excluding hydrogens is 138 g/mol. The molecule has 0 aromatic carbocycles. The first-order chi connectivity index (χ1) is 4.04. The lowest BCUT2D eigenvalue weighted by Crippen LogP contribution is -2.36. The third-order valence-electron chi connectivity index (χ3n) is 0.830. The average Bonchev–Trinajstić information content (AvgIpc) is 1.63. The number of hydrogen-bond donors (Lipinski definition) is 2. The number of carboxylic acids is 1. The molecule has 0 rings (SSSR count). The quantitative estimate of drug-likeness (QED) is 0.522. The monoisotopic (exact) mass is 150 g/mol. The Morgan fingerprint density at radius 1 is 1.78 bits per heavy atom. The van der Waals surface area contributed by atoms with Crippen LogP contribution in [0, 0.1) is 0 Å². The number of aliphatic carboxylic acids is 1. The van der Waals surface area contributed by atoms with E-state index < -0.39 is 12.0 Å². The highest BCUT2D eigenvalue weighted by Gasteiger charge is 2.17. The Hall–Kier alpha value is -0.220. The van der Waals surface area contributed by atoms with E-state index in [-0.39, 0.29) is 10.9 Å². The molecule has 1 atom stereocenters. The van der Waals surface area contributed by atoms with Crippen molar-refractivity contribution in [1.82, 2.24) is 0 Å². The zero-order chi connectivity index (χ0) is 7.44. The topological polar surface area (TPSA) is 63.3 Å². The van der Waals surface area contributed by atoms with Crippen LogP contribution in [0.15, 0.2) is 0 Å². The number of nitrogens with two attached hydrogens (primary N) is 1. The summed E-state index contributed by atoms with van der Waals surface area (Å²) in [6.45, 7) is 0. The minimum Gasteiger partial charge on any atom is -0.480 e. The largest absolute Gasteiger partial charge is 0.480 e. The molecule has 0 aromatic rings. The van der Waals surface area contributed by atoms with Gasteiger partial charge in [0.2, 0.25) is 0 Å². The molecule has 0 fully saturated rings. The molecule has 0 unspecified atom stereocenters. The second-order valence-electron chi connectivity index (χ2n) is 2.10. The van der Waals surface area contributed by atoms with Crippen molar-refractivity contribution in [3.8, 4) is 0 Å². The van der Waals surface area contributed by atoms with Crippen LogP contribution in [0.2, 0.25) is 0 Å². The van der Waals surface area contributed by atoms with Gasteiger partial charge in [0.15, 0.2) is 0 Å². The highest BCUT2D eigenvalue weighted by Crippen LogP contribution is 1.87. The van der Waals surface area contributed by atoms with E-state index in [1.54, 1.807) is 0 Å². The summed E-state index contributed by atoms with van der Waals surface area (Å²) in [5.41, 5.74) is 5.22. The van der Waals surface area contributed by atoms with E-state index in [1.165, 1.54) is 0 Å². The molecule has 3 nitrogen and oxygen atoms in total. The predicted molar refractivity (Wildman–Crippen MR) is 39.7 cm³/mol. The van der Waals surface area contributed by atoms with Gasteiger partial charge in [-0.3, -0.25) is 4.79 Å². The van der Waals surface area contributed by atoms with Crippen LogP contribution < -0.4 is 5.73 Å². The molecule has 0 aliphatic carbocycles. The molecule has 0 amide bonds. The van der Waals surface area contributed by atoms with Gasteiger partial charge in [0, 0.05) is 0 Å². The molecule has 0 aromatic heterocycles. The lowest BCUT2D eigenvalue weighted by molar-refractivity contribution is -0.137. The van der Waals surface area contributed by atoms with Gasteiger partial charge < -0.3 is 10.8 Å². The van der Waals surface area contributed by atoms with Crippen LogP contribution in [0.3, 0.4) is 0 Å². The van der Waals surface area contributed by atoms with Crippen molar-refractivity contribution in [2.24, 2.45) is 5.73 Å². The first-order valence-corrected chi connectivity index (χ1v) is 4.77. The van der Waals surface area contributed by atoms with Gasteiger partial charge in [-0.05, 0) is 10.9 Å². The number of hydrogen-bond acceptors (Lipinski definition) is 2. The van der Waals surface area contributed by atoms with E-state index in [9.17, 15) is 4.79 Å². The minimum atomic E-state index is -0.906. The maximum Gasteiger partial charge on any atom is 0.325 e. The molecule has 3 N–H and O–H groups in total. The van der Waals surface area contributed by atoms with Crippen LogP contribution in [-0.2, 0) is 15.7 Å². The third-order valence-corrected chi connectivity index (χ3v) is 1.86. The Balaban J connectivity index is 3.50. The maximum absolute atomic E-state index is 10.1. The summed E-state index contributed by atoms with van der Waals surface area (Å²) >= 11 is 0. The average molecular weight is 150 g/mol. The smallest absolute Gasteiger partial charge is 0.325 e. The Kier molecular flexibility index (Phi) is 3.65. The molecule has 0 aliphatic heterocycles. The van der Waals surface area contributed by atoms with Crippen molar-refractivity contribution in [3.05, 3.63) is 0 Å². The number of rotatable bonds is 3. The van der Waals surface area contributed by atoms with Gasteiger partial charge in [0.05, 0.1) is 12.5 Å². The molecule has 0 heterocycles. The van der Waals surface area contributed by atoms with Crippen LogP contribution in [0.25, 0.3) is 0 Å². The molecule has 4 heteroatoms. The van der Waals surface area contributed by atoms with Gasteiger partial charge in [-0.15, -0.1) is 0 Å². The predicted octanol–water partition coefficient (Wildman–Crippen LogP) is -0.724. The van der Waals surface area contributed by atoms with Gasteiger partial charge in [-0.1, -0.05) is 0 Å². The first-order valence-electron chi connectivity index (χ1n) is 2.56. The molecular formula is C5H12NO2S+. The van der Waals surface area contributed by atoms with Crippen LogP contribution in [0.1, 0.15) is 0 Å². The number of carboxylic acid groups (broad SMARTS) is 1. The van der Waals surface area contributed by atoms with Crippen molar-refractivity contribution in [1.29, 1.82) is 0 Å². The zero-order valence-corrected chi connectivity index (χ0v) is 6.44. The fourth-order valence-electron chi connectivity index (χ4n) is 0.430. The molecule has 0 saturated carbocycles. The number of carbonyl (C=O) groups is 1. The SMILES string of the molecule is C[S+](C)C[C@H](N)C(=O)O. The molecule has 9 heavy (non-hydrogen) atoms. The van der Waals surface area contributed by atoms with Crippen LogP contribution in [0.5, 0.6) is 0 Å². The second-order valence-corrected chi connectivity index (χ2v) is 4.40. The third kappa shape index (κ3) is 4.29. The van der Waals surface area contributed by atoms with Gasteiger partial charge >= 0.3 is 5.97 Å². The van der Waals surface area contributed by atoms with E-state index in [1.807, 2.05) is 12.5 Å². The Morgan fingerprint density at radius 3 is 2.33 bits per heavy atom. The molecule has 54 valence electrons. The van der Waals surface area contributed by atoms with Crippen LogP contribution >= 0.6 is 0 Å². The normalized spacial score (nSPS) is 13.8. The summed E-state index contributed by atoms with van der Waals surface area (Å²) in [7, 11) is 0.128. The summed E-state index contributed by atoms with van der Waals surface area (Å²) < 4.78 is 0. The van der Waals surface area contributed by atoms with E-state index in [2.05, 4.69) is 0 Å². The molecule has 0 saturated heterocycles. The minimum absolute atomic E-state index is 0.128.